The molecule has 0 aromatic heterocycles. The summed E-state index contributed by atoms with van der Waals surface area (Å²) in [6.45, 7) is 2.13. The van der Waals surface area contributed by atoms with Gasteiger partial charge in [-0.2, -0.15) is 0 Å². The Morgan fingerprint density at radius 2 is 2.20 bits per heavy atom. The van der Waals surface area contributed by atoms with Crippen molar-refractivity contribution in [3.63, 3.8) is 0 Å². The van der Waals surface area contributed by atoms with Gasteiger partial charge in [-0.05, 0) is 18.8 Å². The number of Topliss-reactive ketones (excluding diaryl/α,β-unsaturated/α-hetero) is 1. The van der Waals surface area contributed by atoms with Gasteiger partial charge in [0.05, 0.1) is 0 Å². The standard InChI is InChI=1S/C12H20O3/c1-2-3-4-5-10-9(8-12(14)15)6-7-11(10)13/h9-10H,2-8H2,1H3,(H,14,15). The number of rotatable bonds is 6. The zero-order valence-corrected chi connectivity index (χ0v) is 9.37. The monoisotopic (exact) mass is 212 g/mol. The molecule has 1 aliphatic carbocycles. The van der Waals surface area contributed by atoms with Crippen molar-refractivity contribution in [3.8, 4) is 0 Å². The average Bonchev–Trinajstić information content (AvgIpc) is 2.49. The van der Waals surface area contributed by atoms with Gasteiger partial charge >= 0.3 is 5.97 Å². The summed E-state index contributed by atoms with van der Waals surface area (Å²) in [5.41, 5.74) is 0. The quantitative estimate of drug-likeness (QED) is 0.688. The van der Waals surface area contributed by atoms with E-state index in [1.54, 1.807) is 0 Å². The van der Waals surface area contributed by atoms with Gasteiger partial charge in [0, 0.05) is 18.8 Å². The van der Waals surface area contributed by atoms with Crippen molar-refractivity contribution in [2.45, 2.75) is 51.9 Å². The van der Waals surface area contributed by atoms with E-state index in [-0.39, 0.29) is 24.0 Å². The van der Waals surface area contributed by atoms with Crippen LogP contribution in [0.15, 0.2) is 0 Å². The molecular formula is C12H20O3. The van der Waals surface area contributed by atoms with Crippen molar-refractivity contribution in [1.82, 2.24) is 0 Å². The molecule has 1 aliphatic rings. The second kappa shape index (κ2) is 5.89. The van der Waals surface area contributed by atoms with Crippen LogP contribution < -0.4 is 0 Å². The number of hydrogen-bond acceptors (Lipinski definition) is 2. The molecule has 2 unspecified atom stereocenters. The van der Waals surface area contributed by atoms with E-state index >= 15 is 0 Å². The minimum absolute atomic E-state index is 0.0349. The lowest BCUT2D eigenvalue weighted by Gasteiger charge is -2.15. The fourth-order valence-corrected chi connectivity index (χ4v) is 2.46. The highest BCUT2D eigenvalue weighted by molar-refractivity contribution is 5.84. The first-order valence-electron chi connectivity index (χ1n) is 5.89. The number of carboxylic acids is 1. The zero-order valence-electron chi connectivity index (χ0n) is 9.37. The third kappa shape index (κ3) is 3.65. The first-order chi connectivity index (χ1) is 7.15. The van der Waals surface area contributed by atoms with Crippen molar-refractivity contribution in [1.29, 1.82) is 0 Å². The summed E-state index contributed by atoms with van der Waals surface area (Å²) >= 11 is 0. The lowest BCUT2D eigenvalue weighted by atomic mass is 9.88. The van der Waals surface area contributed by atoms with E-state index < -0.39 is 5.97 Å². The van der Waals surface area contributed by atoms with E-state index in [1.165, 1.54) is 0 Å². The average molecular weight is 212 g/mol. The van der Waals surface area contributed by atoms with Crippen LogP contribution in [0.4, 0.5) is 0 Å². The molecular weight excluding hydrogens is 192 g/mol. The van der Waals surface area contributed by atoms with Gasteiger partial charge in [-0.25, -0.2) is 0 Å². The summed E-state index contributed by atoms with van der Waals surface area (Å²) < 4.78 is 0. The number of carbonyl (C=O) groups excluding carboxylic acids is 1. The predicted octanol–water partition coefficient (Wildman–Crippen LogP) is 2.64. The third-order valence-electron chi connectivity index (χ3n) is 3.30. The Kier molecular flexibility index (Phi) is 4.79. The zero-order chi connectivity index (χ0) is 11.3. The van der Waals surface area contributed by atoms with Gasteiger partial charge in [-0.15, -0.1) is 0 Å². The van der Waals surface area contributed by atoms with E-state index in [0.717, 1.165) is 32.1 Å². The Labute approximate surface area is 90.9 Å². The molecule has 15 heavy (non-hydrogen) atoms. The Bertz CT molecular complexity index is 235. The summed E-state index contributed by atoms with van der Waals surface area (Å²) in [6.07, 6.45) is 5.78. The number of aliphatic carboxylic acids is 1. The first kappa shape index (κ1) is 12.2. The summed E-state index contributed by atoms with van der Waals surface area (Å²) in [4.78, 5) is 22.2. The predicted molar refractivity (Wildman–Crippen MR) is 57.6 cm³/mol. The van der Waals surface area contributed by atoms with Crippen molar-refractivity contribution < 1.29 is 14.7 Å². The summed E-state index contributed by atoms with van der Waals surface area (Å²) in [5.74, 6) is -0.341. The normalized spacial score (nSPS) is 25.8. The van der Waals surface area contributed by atoms with Crippen molar-refractivity contribution >= 4 is 11.8 Å². The van der Waals surface area contributed by atoms with Crippen LogP contribution in [0.5, 0.6) is 0 Å². The number of carbonyl (C=O) groups is 2. The fraction of sp³-hybridized carbons (Fsp3) is 0.833. The van der Waals surface area contributed by atoms with Crippen LogP contribution >= 0.6 is 0 Å². The van der Waals surface area contributed by atoms with E-state index in [9.17, 15) is 9.59 Å². The second-order valence-corrected chi connectivity index (χ2v) is 4.47. The molecule has 1 saturated carbocycles. The van der Waals surface area contributed by atoms with Gasteiger partial charge in [0.15, 0.2) is 0 Å². The van der Waals surface area contributed by atoms with Gasteiger partial charge in [-0.3, -0.25) is 9.59 Å². The maximum Gasteiger partial charge on any atom is 0.303 e. The molecule has 0 heterocycles. The van der Waals surface area contributed by atoms with E-state index in [4.69, 9.17) is 5.11 Å². The van der Waals surface area contributed by atoms with Gasteiger partial charge in [-0.1, -0.05) is 26.2 Å². The van der Waals surface area contributed by atoms with Crippen molar-refractivity contribution in [2.75, 3.05) is 0 Å². The van der Waals surface area contributed by atoms with E-state index in [1.807, 2.05) is 0 Å². The van der Waals surface area contributed by atoms with Crippen LogP contribution in [0.1, 0.15) is 51.9 Å². The molecule has 0 saturated heterocycles. The first-order valence-corrected chi connectivity index (χ1v) is 5.89. The Morgan fingerprint density at radius 3 is 2.80 bits per heavy atom. The molecule has 0 aliphatic heterocycles. The molecule has 3 nitrogen and oxygen atoms in total. The van der Waals surface area contributed by atoms with Crippen molar-refractivity contribution in [3.05, 3.63) is 0 Å². The van der Waals surface area contributed by atoms with Crippen LogP contribution in [0.3, 0.4) is 0 Å². The molecule has 1 fully saturated rings. The molecule has 2 atom stereocenters. The van der Waals surface area contributed by atoms with E-state index in [0.29, 0.717) is 6.42 Å². The highest BCUT2D eigenvalue weighted by Gasteiger charge is 2.34. The summed E-state index contributed by atoms with van der Waals surface area (Å²) in [6, 6.07) is 0. The van der Waals surface area contributed by atoms with Crippen molar-refractivity contribution in [2.24, 2.45) is 11.8 Å². The van der Waals surface area contributed by atoms with Gasteiger partial charge in [0.25, 0.3) is 0 Å². The summed E-state index contributed by atoms with van der Waals surface area (Å²) in [7, 11) is 0. The lowest BCUT2D eigenvalue weighted by Crippen LogP contribution is -2.17. The smallest absolute Gasteiger partial charge is 0.303 e. The molecule has 0 aromatic carbocycles. The minimum Gasteiger partial charge on any atom is -0.481 e. The highest BCUT2D eigenvalue weighted by Crippen LogP contribution is 2.34. The molecule has 86 valence electrons. The van der Waals surface area contributed by atoms with Crippen LogP contribution in [-0.2, 0) is 9.59 Å². The molecule has 1 N–H and O–H groups in total. The Morgan fingerprint density at radius 1 is 1.47 bits per heavy atom. The highest BCUT2D eigenvalue weighted by atomic mass is 16.4. The van der Waals surface area contributed by atoms with Gasteiger partial charge in [0.2, 0.25) is 0 Å². The van der Waals surface area contributed by atoms with Crippen LogP contribution in [-0.4, -0.2) is 16.9 Å². The maximum absolute atomic E-state index is 11.6. The molecule has 3 heteroatoms. The Balaban J connectivity index is 2.41. The minimum atomic E-state index is -0.768. The van der Waals surface area contributed by atoms with Crippen LogP contribution in [0, 0.1) is 11.8 Å². The van der Waals surface area contributed by atoms with Crippen LogP contribution in [0.2, 0.25) is 0 Å². The number of hydrogen-bond donors (Lipinski definition) is 1. The number of unbranched alkanes of at least 4 members (excludes halogenated alkanes) is 2. The third-order valence-corrected chi connectivity index (χ3v) is 3.30. The summed E-state index contributed by atoms with van der Waals surface area (Å²) in [5, 5.41) is 8.74. The molecule has 0 amide bonds. The molecule has 0 aromatic rings. The number of carboxylic acid groups (broad SMARTS) is 1. The van der Waals surface area contributed by atoms with Gasteiger partial charge in [0.1, 0.15) is 5.78 Å². The Hall–Kier alpha value is -0.860. The number of ketones is 1. The second-order valence-electron chi connectivity index (χ2n) is 4.47. The molecule has 0 radical (unpaired) electrons. The molecule has 0 spiro atoms. The molecule has 0 bridgehead atoms. The topological polar surface area (TPSA) is 54.4 Å². The SMILES string of the molecule is CCCCCC1C(=O)CCC1CC(=O)O. The largest absolute Gasteiger partial charge is 0.481 e. The lowest BCUT2D eigenvalue weighted by molar-refractivity contribution is -0.138. The fourth-order valence-electron chi connectivity index (χ4n) is 2.46. The van der Waals surface area contributed by atoms with Crippen LogP contribution in [0.25, 0.3) is 0 Å². The molecule has 1 rings (SSSR count). The maximum atomic E-state index is 11.6. The van der Waals surface area contributed by atoms with Gasteiger partial charge < -0.3 is 5.11 Å². The van der Waals surface area contributed by atoms with E-state index in [2.05, 4.69) is 6.92 Å².